The third kappa shape index (κ3) is 5.98. The number of aliphatic hydroxyl groups excluding tert-OH is 1. The summed E-state index contributed by atoms with van der Waals surface area (Å²) in [5, 5.41) is 14.0. The molecule has 4 heterocycles. The molecule has 52 heavy (non-hydrogen) atoms. The van der Waals surface area contributed by atoms with Crippen LogP contribution in [0.2, 0.25) is 18.6 Å². The molecule has 11 nitrogen and oxygen atoms in total. The number of aromatic amines is 1. The van der Waals surface area contributed by atoms with Crippen LogP contribution < -0.4 is 10.5 Å². The van der Waals surface area contributed by atoms with E-state index < -0.39 is 37.6 Å². The van der Waals surface area contributed by atoms with Crippen LogP contribution in [0.4, 0.5) is 9.80 Å². The van der Waals surface area contributed by atoms with Crippen LogP contribution in [0.1, 0.15) is 49.3 Å². The van der Waals surface area contributed by atoms with Gasteiger partial charge in [0.25, 0.3) is 11.5 Å². The lowest BCUT2D eigenvalue weighted by atomic mass is 9.82. The number of aliphatic hydroxyl groups is 1. The van der Waals surface area contributed by atoms with Gasteiger partial charge in [0, 0.05) is 36.5 Å². The molecule has 1 saturated heterocycles. The number of benzene rings is 3. The Morgan fingerprint density at radius 3 is 2.50 bits per heavy atom. The fourth-order valence-electron chi connectivity index (χ4n) is 8.81. The van der Waals surface area contributed by atoms with Crippen LogP contribution >= 0.6 is 0 Å². The van der Waals surface area contributed by atoms with Crippen LogP contribution in [-0.2, 0) is 42.4 Å². The van der Waals surface area contributed by atoms with E-state index in [0.29, 0.717) is 53.6 Å². The molecular weight excluding hydrogens is 684 g/mol. The van der Waals surface area contributed by atoms with Gasteiger partial charge < -0.3 is 28.5 Å². The number of nitrogens with zero attached hydrogens (tertiary/aromatic N) is 3. The molecule has 4 aromatic rings. The van der Waals surface area contributed by atoms with E-state index in [1.54, 1.807) is 53.2 Å². The molecule has 0 unspecified atom stereocenters. The normalized spacial score (nSPS) is 24.1. The van der Waals surface area contributed by atoms with E-state index in [4.69, 9.17) is 9.47 Å². The van der Waals surface area contributed by atoms with Gasteiger partial charge in [0.1, 0.15) is 0 Å². The van der Waals surface area contributed by atoms with Crippen molar-refractivity contribution in [2.24, 2.45) is 5.92 Å². The number of hydrogen-bond acceptors (Lipinski definition) is 7. The molecule has 0 radical (unpaired) electrons. The third-order valence-corrected chi connectivity index (χ3v) is 13.8. The van der Waals surface area contributed by atoms with E-state index in [-0.39, 0.29) is 49.3 Å². The minimum Gasteiger partial charge on any atom is -0.469 e. The van der Waals surface area contributed by atoms with Crippen molar-refractivity contribution in [2.45, 2.75) is 82.0 Å². The first-order chi connectivity index (χ1) is 24.9. The zero-order valence-corrected chi connectivity index (χ0v) is 30.9. The Bertz CT molecular complexity index is 2090. The molecule has 13 heteroatoms. The second-order valence-electron chi connectivity index (χ2n) is 14.8. The van der Waals surface area contributed by atoms with Crippen molar-refractivity contribution in [3.05, 3.63) is 93.8 Å². The lowest BCUT2D eigenvalue weighted by molar-refractivity contribution is -0.151. The van der Waals surface area contributed by atoms with E-state index >= 15 is 4.11 Å². The number of esters is 1. The number of unbranched alkanes of at least 4 members (excludes halogenated alkanes) is 1. The number of rotatable bonds is 10. The Morgan fingerprint density at radius 1 is 1.06 bits per heavy atom. The highest BCUT2D eigenvalue weighted by atomic mass is 28.4. The largest absolute Gasteiger partial charge is 0.469 e. The number of halogens is 1. The van der Waals surface area contributed by atoms with Gasteiger partial charge in [-0.2, -0.15) is 0 Å². The van der Waals surface area contributed by atoms with Crippen LogP contribution in [0.3, 0.4) is 0 Å². The average molecular weight is 729 g/mol. The highest BCUT2D eigenvalue weighted by Gasteiger charge is 2.67. The molecule has 3 aromatic carbocycles. The van der Waals surface area contributed by atoms with Crippen molar-refractivity contribution in [1.82, 2.24) is 14.7 Å². The summed E-state index contributed by atoms with van der Waals surface area (Å²) in [5.74, 6) is -1.62. The number of aromatic nitrogens is 2. The van der Waals surface area contributed by atoms with E-state index in [9.17, 15) is 24.3 Å². The van der Waals surface area contributed by atoms with Gasteiger partial charge in [-0.15, -0.1) is 0 Å². The third-order valence-electron chi connectivity index (χ3n) is 11.3. The summed E-state index contributed by atoms with van der Waals surface area (Å²) in [6, 6.07) is 19.9. The van der Waals surface area contributed by atoms with Gasteiger partial charge in [0.05, 0.1) is 54.6 Å². The zero-order chi connectivity index (χ0) is 36.9. The number of fused-ring (bicyclic) bond motifs is 4. The number of ether oxygens (including phenoxy) is 2. The summed E-state index contributed by atoms with van der Waals surface area (Å²) in [6.45, 7) is 5.40. The molecule has 1 aromatic heterocycles. The Morgan fingerprint density at radius 2 is 1.79 bits per heavy atom. The van der Waals surface area contributed by atoms with Gasteiger partial charge >= 0.3 is 5.97 Å². The average Bonchev–Trinajstić information content (AvgIpc) is 3.71. The van der Waals surface area contributed by atoms with Gasteiger partial charge in [-0.1, -0.05) is 43.3 Å². The van der Waals surface area contributed by atoms with Crippen molar-refractivity contribution in [3.8, 4) is 5.69 Å². The van der Waals surface area contributed by atoms with Gasteiger partial charge in [0.2, 0.25) is 14.3 Å². The minimum absolute atomic E-state index is 0.154. The number of methoxy groups -OCH3 is 1. The van der Waals surface area contributed by atoms with Crippen molar-refractivity contribution < 1.29 is 33.1 Å². The predicted octanol–water partition coefficient (Wildman–Crippen LogP) is 5.12. The number of hydrogen-bond donors (Lipinski definition) is 2. The highest BCUT2D eigenvalue weighted by molar-refractivity contribution is 6.72. The number of H-pyrrole nitrogens is 1. The molecule has 1 fully saturated rings. The SMILES string of the molecule is COC(=O)CCCCN1C(=O)[C@]2(O[C@H](CC(=O)N3Cc4ccccc4C[C@H]3CO)[C@@H]([Si](C)(C)F)[C@@H]2C)c2cc(-n3[nH]c4ccccc4c3=O)ccc21. The number of amides is 2. The molecular formula is C39H45FN4O7Si. The Balaban J connectivity index is 1.27. The lowest BCUT2D eigenvalue weighted by Gasteiger charge is -2.37. The van der Waals surface area contributed by atoms with Gasteiger partial charge in [-0.25, -0.2) is 4.68 Å². The topological polar surface area (TPSA) is 134 Å². The van der Waals surface area contributed by atoms with Gasteiger partial charge in [-0.3, -0.25) is 24.3 Å². The van der Waals surface area contributed by atoms with E-state index in [1.165, 1.54) is 11.8 Å². The molecule has 2 amide bonds. The van der Waals surface area contributed by atoms with Crippen LogP contribution in [0, 0.1) is 5.92 Å². The summed E-state index contributed by atoms with van der Waals surface area (Å²) < 4.78 is 29.7. The summed E-state index contributed by atoms with van der Waals surface area (Å²) >= 11 is 0. The van der Waals surface area contributed by atoms with E-state index in [2.05, 4.69) is 5.10 Å². The lowest BCUT2D eigenvalue weighted by Crippen LogP contribution is -2.48. The fourth-order valence-corrected chi connectivity index (χ4v) is 11.3. The molecule has 2 N–H and O–H groups in total. The van der Waals surface area contributed by atoms with Gasteiger partial charge in [0.15, 0.2) is 5.60 Å². The maximum Gasteiger partial charge on any atom is 0.305 e. The van der Waals surface area contributed by atoms with Gasteiger partial charge in [-0.05, 0) is 73.8 Å². The van der Waals surface area contributed by atoms with Crippen molar-refractivity contribution in [3.63, 3.8) is 0 Å². The van der Waals surface area contributed by atoms with Crippen molar-refractivity contribution in [2.75, 3.05) is 25.2 Å². The van der Waals surface area contributed by atoms with E-state index in [1.807, 2.05) is 43.3 Å². The zero-order valence-electron chi connectivity index (χ0n) is 29.9. The highest BCUT2D eigenvalue weighted by Crippen LogP contribution is 2.60. The van der Waals surface area contributed by atoms with Crippen molar-refractivity contribution >= 4 is 42.8 Å². The predicted molar refractivity (Wildman–Crippen MR) is 196 cm³/mol. The summed E-state index contributed by atoms with van der Waals surface area (Å²) in [6.07, 6.45) is 0.632. The molecule has 274 valence electrons. The second-order valence-corrected chi connectivity index (χ2v) is 18.6. The molecule has 7 rings (SSSR count). The number of anilines is 1. The first-order valence-corrected chi connectivity index (χ1v) is 20.9. The molecule has 5 atom stereocenters. The number of nitrogens with one attached hydrogen (secondary N) is 1. The van der Waals surface area contributed by atoms with E-state index in [0.717, 1.165) is 11.1 Å². The number of para-hydroxylation sites is 1. The molecule has 1 spiro atoms. The van der Waals surface area contributed by atoms with Crippen LogP contribution in [0.5, 0.6) is 0 Å². The van der Waals surface area contributed by atoms with Crippen LogP contribution in [0.25, 0.3) is 16.6 Å². The summed E-state index contributed by atoms with van der Waals surface area (Å²) in [4.78, 5) is 57.7. The molecule has 3 aliphatic heterocycles. The first-order valence-electron chi connectivity index (χ1n) is 18.0. The second kappa shape index (κ2) is 13.8. The number of carbonyl (C=O) groups is 3. The summed E-state index contributed by atoms with van der Waals surface area (Å²) in [7, 11) is -2.27. The fraction of sp³-hybridized carbons (Fsp3) is 0.436. The smallest absolute Gasteiger partial charge is 0.305 e. The molecule has 0 saturated carbocycles. The minimum atomic E-state index is -3.60. The van der Waals surface area contributed by atoms with Crippen molar-refractivity contribution in [1.29, 1.82) is 0 Å². The van der Waals surface area contributed by atoms with Crippen LogP contribution in [-0.4, -0.2) is 78.4 Å². The molecule has 3 aliphatic rings. The monoisotopic (exact) mass is 728 g/mol. The standard InChI is InChI=1S/C39H45FN4O7Si/c1-24-36(52(3,4)40)33(21-34(46)43-22-26-12-6-5-11-25(26)19-28(43)23-45)51-39(24)30-20-27(44-37(48)29-13-7-8-14-31(29)41-44)16-17-32(30)42(38(39)49)18-10-9-15-35(47)50-2/h5-8,11-14,16-17,20,24,28,33,36,41,45H,9-10,15,18-19,21-23H2,1-4H3/t24-,28-,33+,36-,39+/m0/s1. The maximum atomic E-state index is 16.6. The maximum absolute atomic E-state index is 16.6. The Hall–Kier alpha value is -4.59. The molecule has 0 bridgehead atoms. The first kappa shape index (κ1) is 35.8. The number of carbonyl (C=O) groups excluding carboxylic acids is 3. The van der Waals surface area contributed by atoms with Crippen LogP contribution in [0.15, 0.2) is 71.5 Å². The molecule has 0 aliphatic carbocycles. The quantitative estimate of drug-likeness (QED) is 0.100. The Kier molecular flexibility index (Phi) is 9.47. The summed E-state index contributed by atoms with van der Waals surface area (Å²) in [5.41, 5.74) is 1.71. The Labute approximate surface area is 302 Å².